The van der Waals surface area contributed by atoms with Crippen molar-refractivity contribution in [1.29, 1.82) is 5.26 Å². The largest absolute Gasteiger partial charge is 0.492 e. The van der Waals surface area contributed by atoms with Crippen LogP contribution in [0.1, 0.15) is 35.4 Å². The normalized spacial score (nSPS) is 16.8. The van der Waals surface area contributed by atoms with E-state index in [1.807, 2.05) is 0 Å². The number of benzene rings is 2. The Morgan fingerprint density at radius 3 is 2.95 bits per heavy atom. The minimum Gasteiger partial charge on any atom is -0.492 e. The van der Waals surface area contributed by atoms with Crippen molar-refractivity contribution in [2.24, 2.45) is 0 Å². The SMILES string of the molecule is N#Cc1cc(N)ccc1OCC1CCCc2ccccc21. The van der Waals surface area contributed by atoms with E-state index in [0.717, 1.165) is 12.8 Å². The van der Waals surface area contributed by atoms with Gasteiger partial charge in [0.1, 0.15) is 11.8 Å². The molecule has 1 aliphatic carbocycles. The number of anilines is 1. The Hall–Kier alpha value is -2.47. The van der Waals surface area contributed by atoms with Gasteiger partial charge >= 0.3 is 0 Å². The van der Waals surface area contributed by atoms with Crippen LogP contribution in [0.4, 0.5) is 5.69 Å². The number of nitriles is 1. The van der Waals surface area contributed by atoms with Crippen LogP contribution >= 0.6 is 0 Å². The molecule has 106 valence electrons. The smallest absolute Gasteiger partial charge is 0.137 e. The Kier molecular flexibility index (Phi) is 3.79. The van der Waals surface area contributed by atoms with Crippen LogP contribution in [0.3, 0.4) is 0 Å². The van der Waals surface area contributed by atoms with Gasteiger partial charge in [-0.15, -0.1) is 0 Å². The van der Waals surface area contributed by atoms with E-state index in [1.165, 1.54) is 17.5 Å². The van der Waals surface area contributed by atoms with Crippen LogP contribution in [0.5, 0.6) is 5.75 Å². The lowest BCUT2D eigenvalue weighted by molar-refractivity contribution is 0.274. The summed E-state index contributed by atoms with van der Waals surface area (Å²) in [7, 11) is 0. The van der Waals surface area contributed by atoms with Crippen molar-refractivity contribution < 1.29 is 4.74 Å². The summed E-state index contributed by atoms with van der Waals surface area (Å²) in [6.45, 7) is 0.607. The molecule has 1 atom stereocenters. The predicted molar refractivity (Wildman–Crippen MR) is 83.2 cm³/mol. The molecule has 3 heteroatoms. The molecule has 2 aromatic rings. The van der Waals surface area contributed by atoms with Gasteiger partial charge in [0, 0.05) is 11.6 Å². The zero-order valence-electron chi connectivity index (χ0n) is 11.9. The molecule has 0 aromatic heterocycles. The first-order valence-electron chi connectivity index (χ1n) is 7.28. The number of nitrogens with two attached hydrogens (primary N) is 1. The second-order valence-electron chi connectivity index (χ2n) is 5.47. The summed E-state index contributed by atoms with van der Waals surface area (Å²) >= 11 is 0. The van der Waals surface area contributed by atoms with Crippen molar-refractivity contribution in [3.05, 3.63) is 59.2 Å². The Morgan fingerprint density at radius 2 is 2.10 bits per heavy atom. The maximum Gasteiger partial charge on any atom is 0.137 e. The molecule has 1 aliphatic rings. The summed E-state index contributed by atoms with van der Waals surface area (Å²) in [5.41, 5.74) is 9.60. The number of nitrogens with zero attached hydrogens (tertiary/aromatic N) is 1. The molecule has 0 radical (unpaired) electrons. The zero-order chi connectivity index (χ0) is 14.7. The van der Waals surface area contributed by atoms with Crippen molar-refractivity contribution in [3.8, 4) is 11.8 Å². The highest BCUT2D eigenvalue weighted by Gasteiger charge is 2.20. The van der Waals surface area contributed by atoms with E-state index in [1.54, 1.807) is 18.2 Å². The van der Waals surface area contributed by atoms with Crippen LogP contribution in [-0.2, 0) is 6.42 Å². The Morgan fingerprint density at radius 1 is 1.24 bits per heavy atom. The summed E-state index contributed by atoms with van der Waals surface area (Å²) in [5, 5.41) is 9.15. The molecule has 1 unspecified atom stereocenters. The molecule has 2 N–H and O–H groups in total. The van der Waals surface area contributed by atoms with Crippen molar-refractivity contribution in [3.63, 3.8) is 0 Å². The molecule has 0 saturated carbocycles. The number of hydrogen-bond donors (Lipinski definition) is 1. The van der Waals surface area contributed by atoms with Gasteiger partial charge in [0.15, 0.2) is 0 Å². The Labute approximate surface area is 125 Å². The standard InChI is InChI=1S/C18H18N2O/c19-11-15-10-16(20)8-9-18(15)21-12-14-6-3-5-13-4-1-2-7-17(13)14/h1-2,4,7-10,14H,3,5-6,12,20H2. The quantitative estimate of drug-likeness (QED) is 0.872. The first kappa shape index (κ1) is 13.5. The molecular formula is C18H18N2O. The first-order valence-corrected chi connectivity index (χ1v) is 7.28. The number of ether oxygens (including phenoxy) is 1. The van der Waals surface area contributed by atoms with Gasteiger partial charge in [-0.25, -0.2) is 0 Å². The molecule has 0 amide bonds. The first-order chi connectivity index (χ1) is 10.3. The fourth-order valence-electron chi connectivity index (χ4n) is 2.98. The third-order valence-corrected chi connectivity index (χ3v) is 4.06. The molecular weight excluding hydrogens is 260 g/mol. The molecule has 3 rings (SSSR count). The maximum atomic E-state index is 9.15. The molecule has 0 aliphatic heterocycles. The second-order valence-corrected chi connectivity index (χ2v) is 5.47. The zero-order valence-corrected chi connectivity index (χ0v) is 11.9. The van der Waals surface area contributed by atoms with Gasteiger partial charge in [0.05, 0.1) is 12.2 Å². The summed E-state index contributed by atoms with van der Waals surface area (Å²) in [6.07, 6.45) is 3.48. The van der Waals surface area contributed by atoms with E-state index < -0.39 is 0 Å². The van der Waals surface area contributed by atoms with Gasteiger partial charge in [-0.3, -0.25) is 0 Å². The summed E-state index contributed by atoms with van der Waals surface area (Å²) in [5.74, 6) is 1.02. The Balaban J connectivity index is 1.76. The topological polar surface area (TPSA) is 59.0 Å². The van der Waals surface area contributed by atoms with Gasteiger partial charge in [0.25, 0.3) is 0 Å². The highest BCUT2D eigenvalue weighted by molar-refractivity contribution is 5.53. The van der Waals surface area contributed by atoms with Gasteiger partial charge in [-0.2, -0.15) is 5.26 Å². The molecule has 0 fully saturated rings. The lowest BCUT2D eigenvalue weighted by Gasteiger charge is -2.25. The number of nitrogen functional groups attached to an aromatic ring is 1. The fourth-order valence-corrected chi connectivity index (χ4v) is 2.98. The van der Waals surface area contributed by atoms with Gasteiger partial charge in [-0.05, 0) is 48.6 Å². The molecule has 0 bridgehead atoms. The summed E-state index contributed by atoms with van der Waals surface area (Å²) in [6, 6.07) is 15.9. The summed E-state index contributed by atoms with van der Waals surface area (Å²) < 4.78 is 5.90. The van der Waals surface area contributed by atoms with Crippen molar-refractivity contribution in [2.45, 2.75) is 25.2 Å². The Bertz CT molecular complexity index is 688. The van der Waals surface area contributed by atoms with Crippen LogP contribution in [0.25, 0.3) is 0 Å². The van der Waals surface area contributed by atoms with Crippen molar-refractivity contribution in [2.75, 3.05) is 12.3 Å². The lowest BCUT2D eigenvalue weighted by atomic mass is 9.83. The van der Waals surface area contributed by atoms with E-state index >= 15 is 0 Å². The monoisotopic (exact) mass is 278 g/mol. The third-order valence-electron chi connectivity index (χ3n) is 4.06. The minimum atomic E-state index is 0.402. The van der Waals surface area contributed by atoms with Crippen molar-refractivity contribution in [1.82, 2.24) is 0 Å². The van der Waals surface area contributed by atoms with E-state index in [0.29, 0.717) is 29.5 Å². The number of fused-ring (bicyclic) bond motifs is 1. The predicted octanol–water partition coefficient (Wildman–Crippen LogP) is 3.64. The number of aryl methyl sites for hydroxylation is 1. The number of rotatable bonds is 3. The van der Waals surface area contributed by atoms with E-state index in [2.05, 4.69) is 30.3 Å². The molecule has 2 aromatic carbocycles. The average Bonchev–Trinajstić information content (AvgIpc) is 2.53. The highest BCUT2D eigenvalue weighted by Crippen LogP contribution is 2.32. The molecule has 21 heavy (non-hydrogen) atoms. The lowest BCUT2D eigenvalue weighted by Crippen LogP contribution is -2.16. The third kappa shape index (κ3) is 2.85. The summed E-state index contributed by atoms with van der Waals surface area (Å²) in [4.78, 5) is 0. The molecule has 3 nitrogen and oxygen atoms in total. The van der Waals surface area contributed by atoms with Crippen LogP contribution in [-0.4, -0.2) is 6.61 Å². The van der Waals surface area contributed by atoms with E-state index in [4.69, 9.17) is 15.7 Å². The maximum absolute atomic E-state index is 9.15. The van der Waals surface area contributed by atoms with Crippen LogP contribution < -0.4 is 10.5 Å². The average molecular weight is 278 g/mol. The van der Waals surface area contributed by atoms with E-state index in [-0.39, 0.29) is 0 Å². The van der Waals surface area contributed by atoms with Gasteiger partial charge in [0.2, 0.25) is 0 Å². The second kappa shape index (κ2) is 5.88. The number of hydrogen-bond acceptors (Lipinski definition) is 3. The van der Waals surface area contributed by atoms with Crippen LogP contribution in [0.2, 0.25) is 0 Å². The van der Waals surface area contributed by atoms with E-state index in [9.17, 15) is 0 Å². The van der Waals surface area contributed by atoms with Crippen LogP contribution in [0, 0.1) is 11.3 Å². The van der Waals surface area contributed by atoms with Crippen molar-refractivity contribution >= 4 is 5.69 Å². The van der Waals surface area contributed by atoms with Crippen LogP contribution in [0.15, 0.2) is 42.5 Å². The fraction of sp³-hybridized carbons (Fsp3) is 0.278. The molecule has 0 spiro atoms. The molecule has 0 saturated heterocycles. The minimum absolute atomic E-state index is 0.402. The molecule has 0 heterocycles. The van der Waals surface area contributed by atoms with Gasteiger partial charge in [-0.1, -0.05) is 24.3 Å². The van der Waals surface area contributed by atoms with Gasteiger partial charge < -0.3 is 10.5 Å². The highest BCUT2D eigenvalue weighted by atomic mass is 16.5.